The topological polar surface area (TPSA) is 24.6 Å². The van der Waals surface area contributed by atoms with Gasteiger partial charge in [0.05, 0.1) is 11.0 Å². The van der Waals surface area contributed by atoms with E-state index in [9.17, 15) is 0 Å². The lowest BCUT2D eigenvalue weighted by molar-refractivity contribution is 0.669. The molecule has 4 heteroatoms. The number of para-hydroxylation sites is 4. The van der Waals surface area contributed by atoms with Crippen LogP contribution >= 0.6 is 0 Å². The Balaban J connectivity index is 0.971. The first kappa shape index (κ1) is 37.2. The summed E-state index contributed by atoms with van der Waals surface area (Å²) in [4.78, 5) is 4.63. The van der Waals surface area contributed by atoms with E-state index in [1.54, 1.807) is 0 Å². The Labute approximate surface area is 371 Å². The van der Waals surface area contributed by atoms with E-state index in [-0.39, 0.29) is 0 Å². The predicted molar refractivity (Wildman–Crippen MR) is 268 cm³/mol. The second-order valence-corrected chi connectivity index (χ2v) is 16.2. The van der Waals surface area contributed by atoms with Crippen LogP contribution in [0.4, 0.5) is 34.1 Å². The molecule has 0 saturated carbocycles. The predicted octanol–water partition coefficient (Wildman–Crippen LogP) is 17.0. The van der Waals surface area contributed by atoms with Gasteiger partial charge < -0.3 is 18.8 Å². The molecule has 0 bridgehead atoms. The summed E-state index contributed by atoms with van der Waals surface area (Å²) in [6.07, 6.45) is 0. The molecule has 0 saturated heterocycles. The largest absolute Gasteiger partial charge is 0.456 e. The molecule has 64 heavy (non-hydrogen) atoms. The lowest BCUT2D eigenvalue weighted by Gasteiger charge is -2.29. The summed E-state index contributed by atoms with van der Waals surface area (Å²) in [6, 6.07) is 88.6. The standard InChI is InChI=1S/C60H41N3O/c1-5-16-42(17-6-1)43-28-32-49(33-29-43)62(51-25-15-24-50(40-51)61(46-18-7-2-8-19-46)47-20-9-3-10-21-47)52-34-36-55-56-38-44(31-37-59(56)64-60(55)41-52)45-30-35-54-53-26-13-14-27-57(53)63(58(54)39-45)48-22-11-4-12-23-48/h1-41H. The zero-order valence-electron chi connectivity index (χ0n) is 34.9. The Morgan fingerprint density at radius 1 is 0.266 bits per heavy atom. The van der Waals surface area contributed by atoms with Crippen LogP contribution in [-0.4, -0.2) is 4.57 Å². The number of furan rings is 1. The average Bonchev–Trinajstić information content (AvgIpc) is 3.90. The Kier molecular flexibility index (Phi) is 9.12. The van der Waals surface area contributed by atoms with Crippen LogP contribution in [0.15, 0.2) is 253 Å². The van der Waals surface area contributed by atoms with E-state index in [1.165, 1.54) is 32.9 Å². The van der Waals surface area contributed by atoms with E-state index in [0.29, 0.717) is 0 Å². The molecule has 0 radical (unpaired) electrons. The number of hydrogen-bond donors (Lipinski definition) is 0. The van der Waals surface area contributed by atoms with E-state index in [1.807, 2.05) is 0 Å². The lowest BCUT2D eigenvalue weighted by atomic mass is 10.0. The van der Waals surface area contributed by atoms with Crippen molar-refractivity contribution in [1.82, 2.24) is 4.57 Å². The van der Waals surface area contributed by atoms with Crippen LogP contribution in [0.25, 0.3) is 71.7 Å². The Hall–Kier alpha value is -8.60. The highest BCUT2D eigenvalue weighted by molar-refractivity contribution is 6.11. The Morgan fingerprint density at radius 2 is 0.750 bits per heavy atom. The molecule has 0 fully saturated rings. The molecular weight excluding hydrogens is 779 g/mol. The fourth-order valence-electron chi connectivity index (χ4n) is 9.34. The maximum Gasteiger partial charge on any atom is 0.137 e. The normalized spacial score (nSPS) is 11.4. The number of aromatic nitrogens is 1. The molecule has 0 unspecified atom stereocenters. The van der Waals surface area contributed by atoms with Crippen LogP contribution < -0.4 is 9.80 Å². The van der Waals surface area contributed by atoms with E-state index in [4.69, 9.17) is 4.42 Å². The second-order valence-electron chi connectivity index (χ2n) is 16.2. The van der Waals surface area contributed by atoms with Gasteiger partial charge in [0.2, 0.25) is 0 Å². The summed E-state index contributed by atoms with van der Waals surface area (Å²) in [5.74, 6) is 0. The van der Waals surface area contributed by atoms with Gasteiger partial charge in [-0.15, -0.1) is 0 Å². The number of hydrogen-bond acceptors (Lipinski definition) is 3. The maximum absolute atomic E-state index is 6.71. The van der Waals surface area contributed by atoms with E-state index in [0.717, 1.165) is 72.9 Å². The number of anilines is 6. The van der Waals surface area contributed by atoms with Crippen molar-refractivity contribution >= 4 is 77.9 Å². The Bertz CT molecular complexity index is 3560. The van der Waals surface area contributed by atoms with E-state index in [2.05, 4.69) is 263 Å². The van der Waals surface area contributed by atoms with Gasteiger partial charge in [0.1, 0.15) is 11.2 Å². The van der Waals surface area contributed by atoms with Crippen LogP contribution in [0.3, 0.4) is 0 Å². The third-order valence-corrected chi connectivity index (χ3v) is 12.3. The van der Waals surface area contributed by atoms with Gasteiger partial charge in [0, 0.05) is 67.4 Å². The highest BCUT2D eigenvalue weighted by atomic mass is 16.3. The van der Waals surface area contributed by atoms with E-state index >= 15 is 0 Å². The molecule has 0 aliphatic heterocycles. The van der Waals surface area contributed by atoms with Crippen LogP contribution in [0.5, 0.6) is 0 Å². The number of nitrogens with zero attached hydrogens (tertiary/aromatic N) is 3. The molecule has 302 valence electrons. The summed E-state index contributed by atoms with van der Waals surface area (Å²) >= 11 is 0. The van der Waals surface area contributed by atoms with Gasteiger partial charge in [-0.1, -0.05) is 140 Å². The molecule has 0 spiro atoms. The molecule has 4 nitrogen and oxygen atoms in total. The molecule has 2 aromatic heterocycles. The van der Waals surface area contributed by atoms with Crippen LogP contribution in [0, 0.1) is 0 Å². The van der Waals surface area contributed by atoms with Crippen molar-refractivity contribution in [3.05, 3.63) is 249 Å². The van der Waals surface area contributed by atoms with Crippen molar-refractivity contribution in [3.8, 4) is 27.9 Å². The van der Waals surface area contributed by atoms with Gasteiger partial charge in [-0.25, -0.2) is 0 Å². The monoisotopic (exact) mass is 819 g/mol. The smallest absolute Gasteiger partial charge is 0.137 e. The zero-order valence-corrected chi connectivity index (χ0v) is 34.9. The van der Waals surface area contributed by atoms with Crippen molar-refractivity contribution in [2.75, 3.05) is 9.80 Å². The summed E-state index contributed by atoms with van der Waals surface area (Å²) in [5, 5.41) is 4.65. The fourth-order valence-corrected chi connectivity index (χ4v) is 9.34. The highest BCUT2D eigenvalue weighted by Crippen LogP contribution is 2.43. The molecule has 0 aliphatic carbocycles. The molecule has 0 atom stereocenters. The Morgan fingerprint density at radius 3 is 1.47 bits per heavy atom. The van der Waals surface area contributed by atoms with Crippen molar-refractivity contribution in [1.29, 1.82) is 0 Å². The number of benzene rings is 10. The minimum Gasteiger partial charge on any atom is -0.456 e. The zero-order chi connectivity index (χ0) is 42.4. The molecule has 0 aliphatic rings. The number of fused-ring (bicyclic) bond motifs is 6. The minimum atomic E-state index is 0.835. The molecular formula is C60H41N3O. The maximum atomic E-state index is 6.71. The van der Waals surface area contributed by atoms with Gasteiger partial charge in [-0.2, -0.15) is 0 Å². The average molecular weight is 820 g/mol. The highest BCUT2D eigenvalue weighted by Gasteiger charge is 2.20. The van der Waals surface area contributed by atoms with Crippen molar-refractivity contribution in [2.45, 2.75) is 0 Å². The SMILES string of the molecule is c1ccc(-c2ccc(N(c3cccc(N(c4ccccc4)c4ccccc4)c3)c3ccc4c(c3)oc3ccc(-c5ccc6c7ccccc7n(-c7ccccc7)c6c5)cc34)cc2)cc1. The minimum absolute atomic E-state index is 0.835. The molecule has 12 rings (SSSR count). The van der Waals surface area contributed by atoms with Crippen molar-refractivity contribution < 1.29 is 4.42 Å². The van der Waals surface area contributed by atoms with Gasteiger partial charge in [-0.3, -0.25) is 0 Å². The van der Waals surface area contributed by atoms with Crippen LogP contribution in [-0.2, 0) is 0 Å². The van der Waals surface area contributed by atoms with Crippen molar-refractivity contribution in [2.24, 2.45) is 0 Å². The summed E-state index contributed by atoms with van der Waals surface area (Å²) in [7, 11) is 0. The lowest BCUT2D eigenvalue weighted by Crippen LogP contribution is -2.13. The van der Waals surface area contributed by atoms with Crippen molar-refractivity contribution in [3.63, 3.8) is 0 Å². The fraction of sp³-hybridized carbons (Fsp3) is 0. The first-order chi connectivity index (χ1) is 31.7. The summed E-state index contributed by atoms with van der Waals surface area (Å²) in [6.45, 7) is 0. The van der Waals surface area contributed by atoms with Gasteiger partial charge in [0.15, 0.2) is 0 Å². The molecule has 12 aromatic rings. The summed E-state index contributed by atoms with van der Waals surface area (Å²) in [5.41, 5.74) is 16.2. The van der Waals surface area contributed by atoms with Crippen LogP contribution in [0.1, 0.15) is 0 Å². The first-order valence-electron chi connectivity index (χ1n) is 21.7. The van der Waals surface area contributed by atoms with E-state index < -0.39 is 0 Å². The van der Waals surface area contributed by atoms with Gasteiger partial charge >= 0.3 is 0 Å². The van der Waals surface area contributed by atoms with Gasteiger partial charge in [0.25, 0.3) is 0 Å². The number of rotatable bonds is 9. The molecule has 10 aromatic carbocycles. The third-order valence-electron chi connectivity index (χ3n) is 12.3. The first-order valence-corrected chi connectivity index (χ1v) is 21.7. The molecule has 0 amide bonds. The van der Waals surface area contributed by atoms with Gasteiger partial charge in [-0.05, 0) is 125 Å². The quantitative estimate of drug-likeness (QED) is 0.145. The van der Waals surface area contributed by atoms with Crippen LogP contribution in [0.2, 0.25) is 0 Å². The third kappa shape index (κ3) is 6.57. The molecule has 0 N–H and O–H groups in total. The summed E-state index contributed by atoms with van der Waals surface area (Å²) < 4.78 is 9.08. The second kappa shape index (κ2) is 15.7. The molecule has 2 heterocycles.